The Morgan fingerprint density at radius 3 is 2.81 bits per heavy atom. The number of aromatic nitrogens is 1. The van der Waals surface area contributed by atoms with Crippen molar-refractivity contribution in [2.45, 2.75) is 31.1 Å². The van der Waals surface area contributed by atoms with Gasteiger partial charge in [-0.2, -0.15) is 0 Å². The third kappa shape index (κ3) is 1.49. The fraction of sp³-hybridized carbons (Fsp3) is 0.750. The second kappa shape index (κ2) is 3.74. The number of oxazole rings is 1. The lowest BCUT2D eigenvalue weighted by molar-refractivity contribution is 0.0537. The highest BCUT2D eigenvalue weighted by Gasteiger charge is 2.49. The second-order valence-electron chi connectivity index (χ2n) is 4.91. The highest BCUT2D eigenvalue weighted by molar-refractivity contribution is 6.24. The molecule has 1 unspecified atom stereocenters. The smallest absolute Gasteiger partial charge is 0.217 e. The Hall–Kier alpha value is -0.540. The molecule has 1 atom stereocenters. The summed E-state index contributed by atoms with van der Waals surface area (Å²) in [6, 6.07) is 0. The summed E-state index contributed by atoms with van der Waals surface area (Å²) in [6.07, 6.45) is 5.00. The molecule has 4 rings (SSSR count). The first-order valence-corrected chi connectivity index (χ1v) is 6.46. The van der Waals surface area contributed by atoms with E-state index in [0.717, 1.165) is 24.6 Å². The van der Waals surface area contributed by atoms with Gasteiger partial charge in [0.05, 0.1) is 5.69 Å². The predicted octanol–water partition coefficient (Wildman–Crippen LogP) is 2.40. The molecule has 1 aromatic heterocycles. The van der Waals surface area contributed by atoms with Crippen LogP contribution in [0.15, 0.2) is 10.7 Å². The molecule has 0 amide bonds. The first-order valence-electron chi connectivity index (χ1n) is 6.08. The van der Waals surface area contributed by atoms with Gasteiger partial charge in [-0.1, -0.05) is 6.92 Å². The van der Waals surface area contributed by atoms with Crippen molar-refractivity contribution in [3.05, 3.63) is 17.8 Å². The Kier molecular flexibility index (Phi) is 2.48. The number of alkyl halides is 1. The maximum Gasteiger partial charge on any atom is 0.217 e. The van der Waals surface area contributed by atoms with Crippen LogP contribution in [0, 0.1) is 5.92 Å². The number of fused-ring (bicyclic) bond motifs is 3. The lowest BCUT2D eigenvalue weighted by Gasteiger charge is -2.48. The van der Waals surface area contributed by atoms with Crippen molar-refractivity contribution in [3.8, 4) is 0 Å². The average Bonchev–Trinajstić information content (AvgIpc) is 2.79. The van der Waals surface area contributed by atoms with Gasteiger partial charge in [0.25, 0.3) is 0 Å². The maximum absolute atomic E-state index is 6.77. The number of halogens is 1. The van der Waals surface area contributed by atoms with E-state index in [-0.39, 0.29) is 4.87 Å². The number of piperidine rings is 3. The number of hydrogen-bond donors (Lipinski definition) is 0. The van der Waals surface area contributed by atoms with Crippen molar-refractivity contribution in [2.75, 3.05) is 19.6 Å². The largest absolute Gasteiger partial charge is 0.447 e. The van der Waals surface area contributed by atoms with Crippen LogP contribution in [-0.2, 0) is 11.3 Å². The van der Waals surface area contributed by atoms with E-state index < -0.39 is 0 Å². The van der Waals surface area contributed by atoms with Crippen molar-refractivity contribution in [3.63, 3.8) is 0 Å². The van der Waals surface area contributed by atoms with E-state index in [1.165, 1.54) is 25.9 Å². The Morgan fingerprint density at radius 2 is 2.31 bits per heavy atom. The molecule has 4 heterocycles. The molecule has 88 valence electrons. The van der Waals surface area contributed by atoms with Crippen LogP contribution in [-0.4, -0.2) is 29.5 Å². The van der Waals surface area contributed by atoms with Crippen molar-refractivity contribution in [1.82, 2.24) is 9.88 Å². The van der Waals surface area contributed by atoms with Crippen LogP contribution in [0.2, 0.25) is 0 Å². The molecule has 0 aromatic carbocycles. The van der Waals surface area contributed by atoms with Gasteiger partial charge in [0, 0.05) is 6.54 Å². The fourth-order valence-electron chi connectivity index (χ4n) is 2.91. The Morgan fingerprint density at radius 1 is 1.56 bits per heavy atom. The SMILES string of the molecule is CCc1coc(C2(Cl)CN3CCC2CC3)n1. The van der Waals surface area contributed by atoms with Crippen molar-refractivity contribution < 1.29 is 4.42 Å². The summed E-state index contributed by atoms with van der Waals surface area (Å²) < 4.78 is 5.58. The third-order valence-electron chi connectivity index (χ3n) is 3.96. The van der Waals surface area contributed by atoms with E-state index in [4.69, 9.17) is 16.0 Å². The number of rotatable bonds is 2. The Balaban J connectivity index is 1.92. The summed E-state index contributed by atoms with van der Waals surface area (Å²) in [5.74, 6) is 1.27. The summed E-state index contributed by atoms with van der Waals surface area (Å²) >= 11 is 6.77. The predicted molar refractivity (Wildman–Crippen MR) is 62.6 cm³/mol. The first kappa shape index (κ1) is 10.6. The van der Waals surface area contributed by atoms with Crippen LogP contribution in [0.1, 0.15) is 31.4 Å². The zero-order valence-electron chi connectivity index (χ0n) is 9.58. The number of aryl methyl sites for hydroxylation is 1. The van der Waals surface area contributed by atoms with Gasteiger partial charge in [-0.05, 0) is 38.3 Å². The van der Waals surface area contributed by atoms with Crippen LogP contribution >= 0.6 is 11.6 Å². The van der Waals surface area contributed by atoms with Crippen LogP contribution in [0.25, 0.3) is 0 Å². The molecule has 3 aliphatic heterocycles. The Bertz CT molecular complexity index is 384. The summed E-state index contributed by atoms with van der Waals surface area (Å²) in [5.41, 5.74) is 1.01. The van der Waals surface area contributed by atoms with Crippen LogP contribution in [0.3, 0.4) is 0 Å². The van der Waals surface area contributed by atoms with E-state index in [1.807, 2.05) is 0 Å². The van der Waals surface area contributed by atoms with Crippen molar-refractivity contribution >= 4 is 11.6 Å². The van der Waals surface area contributed by atoms with E-state index in [0.29, 0.717) is 5.92 Å². The highest BCUT2D eigenvalue weighted by atomic mass is 35.5. The molecular formula is C12H17ClN2O. The summed E-state index contributed by atoms with van der Waals surface area (Å²) in [7, 11) is 0. The zero-order chi connectivity index (χ0) is 11.2. The van der Waals surface area contributed by atoms with Gasteiger partial charge in [-0.3, -0.25) is 0 Å². The molecule has 16 heavy (non-hydrogen) atoms. The van der Waals surface area contributed by atoms with Gasteiger partial charge >= 0.3 is 0 Å². The molecule has 0 radical (unpaired) electrons. The summed E-state index contributed by atoms with van der Waals surface area (Å²) in [6.45, 7) is 5.34. The van der Waals surface area contributed by atoms with Gasteiger partial charge in [0.15, 0.2) is 0 Å². The summed E-state index contributed by atoms with van der Waals surface area (Å²) in [4.78, 5) is 6.57. The molecule has 3 aliphatic rings. The van der Waals surface area contributed by atoms with Gasteiger partial charge in [-0.15, -0.1) is 11.6 Å². The summed E-state index contributed by atoms with van der Waals surface area (Å²) in [5, 5.41) is 0. The van der Waals surface area contributed by atoms with E-state index >= 15 is 0 Å². The Labute approximate surface area is 101 Å². The molecule has 0 aliphatic carbocycles. The van der Waals surface area contributed by atoms with E-state index in [2.05, 4.69) is 16.8 Å². The van der Waals surface area contributed by atoms with E-state index in [1.54, 1.807) is 6.26 Å². The van der Waals surface area contributed by atoms with Crippen LogP contribution in [0.4, 0.5) is 0 Å². The standard InChI is InChI=1S/C12H17ClN2O/c1-2-10-7-16-11(14-10)12(13)8-15-5-3-9(12)4-6-15/h7,9H,2-6,8H2,1H3. The molecule has 3 nitrogen and oxygen atoms in total. The van der Waals surface area contributed by atoms with Crippen LogP contribution < -0.4 is 0 Å². The topological polar surface area (TPSA) is 29.3 Å². The molecule has 3 fully saturated rings. The number of hydrogen-bond acceptors (Lipinski definition) is 3. The monoisotopic (exact) mass is 240 g/mol. The molecule has 0 N–H and O–H groups in total. The normalized spacial score (nSPS) is 37.9. The quantitative estimate of drug-likeness (QED) is 0.744. The third-order valence-corrected chi connectivity index (χ3v) is 4.55. The average molecular weight is 241 g/mol. The minimum atomic E-state index is -0.371. The second-order valence-corrected chi connectivity index (χ2v) is 5.58. The van der Waals surface area contributed by atoms with Gasteiger partial charge < -0.3 is 9.32 Å². The minimum Gasteiger partial charge on any atom is -0.447 e. The lowest BCUT2D eigenvalue weighted by Crippen LogP contribution is -2.54. The molecule has 0 saturated carbocycles. The molecule has 2 bridgehead atoms. The van der Waals surface area contributed by atoms with E-state index in [9.17, 15) is 0 Å². The lowest BCUT2D eigenvalue weighted by atomic mass is 9.78. The minimum absolute atomic E-state index is 0.371. The number of nitrogens with zero attached hydrogens (tertiary/aromatic N) is 2. The fourth-order valence-corrected chi connectivity index (χ4v) is 3.38. The van der Waals surface area contributed by atoms with Gasteiger partial charge in [0.2, 0.25) is 5.89 Å². The molecule has 1 aromatic rings. The molecule has 4 heteroatoms. The first-order chi connectivity index (χ1) is 7.72. The zero-order valence-corrected chi connectivity index (χ0v) is 10.3. The maximum atomic E-state index is 6.77. The van der Waals surface area contributed by atoms with Crippen molar-refractivity contribution in [2.24, 2.45) is 5.92 Å². The molecule has 3 saturated heterocycles. The van der Waals surface area contributed by atoms with Gasteiger partial charge in [-0.25, -0.2) is 4.98 Å². The molecule has 0 spiro atoms. The van der Waals surface area contributed by atoms with Crippen molar-refractivity contribution in [1.29, 1.82) is 0 Å². The van der Waals surface area contributed by atoms with Gasteiger partial charge in [0.1, 0.15) is 11.1 Å². The molecular weight excluding hydrogens is 224 g/mol. The highest BCUT2D eigenvalue weighted by Crippen LogP contribution is 2.46. The van der Waals surface area contributed by atoms with Crippen LogP contribution in [0.5, 0.6) is 0 Å².